The van der Waals surface area contributed by atoms with Gasteiger partial charge in [0.05, 0.1) is 17.8 Å². The zero-order valence-electron chi connectivity index (χ0n) is 16.4. The van der Waals surface area contributed by atoms with Crippen molar-refractivity contribution in [3.63, 3.8) is 0 Å². The molecule has 0 atom stereocenters. The summed E-state index contributed by atoms with van der Waals surface area (Å²) in [5.74, 6) is 1.77. The first-order valence-corrected chi connectivity index (χ1v) is 9.44. The number of aryl methyl sites for hydroxylation is 2. The van der Waals surface area contributed by atoms with Crippen molar-refractivity contribution < 1.29 is 4.79 Å². The largest absolute Gasteiger partial charge is 0.345 e. The van der Waals surface area contributed by atoms with Crippen molar-refractivity contribution in [1.82, 2.24) is 29.1 Å². The standard InChI is InChI=1S/C19H30N6O/c1-5-25-11-8-20-18(25)14-24-9-6-15(7-10-24)12-17-16(13-23(4)21-17)19(26)22(2)3/h8,11,13,15H,5-7,9-10,12,14H2,1-4H3. The zero-order valence-corrected chi connectivity index (χ0v) is 16.4. The SMILES string of the molecule is CCn1ccnc1CN1CCC(Cc2nn(C)cc2C(=O)N(C)C)CC1. The van der Waals surface area contributed by atoms with E-state index >= 15 is 0 Å². The van der Waals surface area contributed by atoms with E-state index in [-0.39, 0.29) is 5.91 Å². The minimum atomic E-state index is 0.0388. The van der Waals surface area contributed by atoms with E-state index in [1.54, 1.807) is 23.7 Å². The lowest BCUT2D eigenvalue weighted by Crippen LogP contribution is -2.35. The fourth-order valence-corrected chi connectivity index (χ4v) is 3.71. The summed E-state index contributed by atoms with van der Waals surface area (Å²) < 4.78 is 3.96. The number of carbonyl (C=O) groups is 1. The maximum Gasteiger partial charge on any atom is 0.256 e. The first-order chi connectivity index (χ1) is 12.5. The van der Waals surface area contributed by atoms with Crippen LogP contribution >= 0.6 is 0 Å². The number of nitrogens with zero attached hydrogens (tertiary/aromatic N) is 6. The van der Waals surface area contributed by atoms with E-state index in [1.165, 1.54) is 0 Å². The molecular weight excluding hydrogens is 328 g/mol. The van der Waals surface area contributed by atoms with Gasteiger partial charge in [-0.3, -0.25) is 14.4 Å². The monoisotopic (exact) mass is 358 g/mol. The predicted octanol–water partition coefficient (Wildman–Crippen LogP) is 1.79. The third-order valence-corrected chi connectivity index (χ3v) is 5.24. The zero-order chi connectivity index (χ0) is 18.7. The second kappa shape index (κ2) is 8.03. The van der Waals surface area contributed by atoms with Gasteiger partial charge in [-0.15, -0.1) is 0 Å². The molecule has 7 heteroatoms. The molecule has 3 heterocycles. The summed E-state index contributed by atoms with van der Waals surface area (Å²) >= 11 is 0. The first-order valence-electron chi connectivity index (χ1n) is 9.44. The van der Waals surface area contributed by atoms with Gasteiger partial charge in [-0.25, -0.2) is 4.98 Å². The molecule has 7 nitrogen and oxygen atoms in total. The molecule has 2 aromatic rings. The molecule has 1 saturated heterocycles. The first kappa shape index (κ1) is 18.6. The molecule has 1 aliphatic rings. The highest BCUT2D eigenvalue weighted by Crippen LogP contribution is 2.24. The van der Waals surface area contributed by atoms with E-state index in [0.29, 0.717) is 5.92 Å². The number of carbonyl (C=O) groups excluding carboxylic acids is 1. The number of aromatic nitrogens is 4. The molecule has 0 aromatic carbocycles. The van der Waals surface area contributed by atoms with E-state index in [1.807, 2.05) is 25.6 Å². The van der Waals surface area contributed by atoms with Gasteiger partial charge in [0.1, 0.15) is 5.82 Å². The summed E-state index contributed by atoms with van der Waals surface area (Å²) in [6.45, 7) is 6.18. The molecule has 0 aliphatic carbocycles. The van der Waals surface area contributed by atoms with Gasteiger partial charge in [-0.05, 0) is 45.2 Å². The second-order valence-electron chi connectivity index (χ2n) is 7.42. The van der Waals surface area contributed by atoms with E-state index in [0.717, 1.165) is 62.5 Å². The van der Waals surface area contributed by atoms with Gasteiger partial charge in [-0.2, -0.15) is 5.10 Å². The molecule has 0 bridgehead atoms. The third-order valence-electron chi connectivity index (χ3n) is 5.24. The van der Waals surface area contributed by atoms with Crippen LogP contribution in [0, 0.1) is 5.92 Å². The van der Waals surface area contributed by atoms with Crippen LogP contribution in [0.1, 0.15) is 41.6 Å². The minimum absolute atomic E-state index is 0.0388. The average Bonchev–Trinajstić information content (AvgIpc) is 3.21. The summed E-state index contributed by atoms with van der Waals surface area (Å²) in [6.07, 6.45) is 8.94. The Bertz CT molecular complexity index is 739. The molecule has 2 aromatic heterocycles. The maximum absolute atomic E-state index is 12.4. The number of amides is 1. The van der Waals surface area contributed by atoms with Crippen molar-refractivity contribution in [2.75, 3.05) is 27.2 Å². The summed E-state index contributed by atoms with van der Waals surface area (Å²) in [5.41, 5.74) is 1.68. The van der Waals surface area contributed by atoms with Crippen molar-refractivity contribution in [3.05, 3.63) is 35.7 Å². The molecule has 0 N–H and O–H groups in total. The van der Waals surface area contributed by atoms with Crippen LogP contribution < -0.4 is 0 Å². The fraction of sp³-hybridized carbons (Fsp3) is 0.632. The molecule has 1 amide bonds. The van der Waals surface area contributed by atoms with Crippen LogP contribution in [-0.4, -0.2) is 62.2 Å². The number of rotatable bonds is 6. The Kier molecular flexibility index (Phi) is 5.76. The summed E-state index contributed by atoms with van der Waals surface area (Å²) in [6, 6.07) is 0. The fourth-order valence-electron chi connectivity index (χ4n) is 3.71. The third kappa shape index (κ3) is 4.15. The number of imidazole rings is 1. The minimum Gasteiger partial charge on any atom is -0.345 e. The Morgan fingerprint density at radius 1 is 1.31 bits per heavy atom. The highest BCUT2D eigenvalue weighted by molar-refractivity contribution is 5.94. The van der Waals surface area contributed by atoms with Gasteiger partial charge >= 0.3 is 0 Å². The predicted molar refractivity (Wildman–Crippen MR) is 101 cm³/mol. The van der Waals surface area contributed by atoms with Crippen molar-refractivity contribution in [2.45, 2.75) is 39.3 Å². The summed E-state index contributed by atoms with van der Waals surface area (Å²) in [5, 5.41) is 4.55. The number of piperidine rings is 1. The van der Waals surface area contributed by atoms with Crippen LogP contribution in [0.2, 0.25) is 0 Å². The smallest absolute Gasteiger partial charge is 0.256 e. The normalized spacial score (nSPS) is 16.2. The molecule has 1 fully saturated rings. The van der Waals surface area contributed by atoms with Crippen molar-refractivity contribution in [1.29, 1.82) is 0 Å². The van der Waals surface area contributed by atoms with Gasteiger partial charge < -0.3 is 9.47 Å². The van der Waals surface area contributed by atoms with Crippen molar-refractivity contribution in [3.8, 4) is 0 Å². The molecule has 142 valence electrons. The number of hydrogen-bond acceptors (Lipinski definition) is 4. The second-order valence-corrected chi connectivity index (χ2v) is 7.42. The van der Waals surface area contributed by atoms with Crippen LogP contribution in [0.5, 0.6) is 0 Å². The molecule has 0 saturated carbocycles. The summed E-state index contributed by atoms with van der Waals surface area (Å²) in [4.78, 5) is 21.0. The van der Waals surface area contributed by atoms with E-state index in [2.05, 4.69) is 26.5 Å². The Morgan fingerprint density at radius 3 is 2.69 bits per heavy atom. The molecule has 0 spiro atoms. The molecular formula is C19H30N6O. The highest BCUT2D eigenvalue weighted by Gasteiger charge is 2.24. The Labute approximate surface area is 155 Å². The lowest BCUT2D eigenvalue weighted by molar-refractivity contribution is 0.0826. The van der Waals surface area contributed by atoms with Gasteiger partial charge in [0.15, 0.2) is 0 Å². The van der Waals surface area contributed by atoms with Gasteiger partial charge in [0.2, 0.25) is 0 Å². The van der Waals surface area contributed by atoms with E-state index in [9.17, 15) is 4.79 Å². The maximum atomic E-state index is 12.4. The molecule has 0 unspecified atom stereocenters. The van der Waals surface area contributed by atoms with E-state index in [4.69, 9.17) is 0 Å². The van der Waals surface area contributed by atoms with Crippen LogP contribution in [0.3, 0.4) is 0 Å². The van der Waals surface area contributed by atoms with Crippen molar-refractivity contribution in [2.24, 2.45) is 13.0 Å². The molecule has 26 heavy (non-hydrogen) atoms. The highest BCUT2D eigenvalue weighted by atomic mass is 16.2. The lowest BCUT2D eigenvalue weighted by Gasteiger charge is -2.31. The van der Waals surface area contributed by atoms with Gasteiger partial charge in [0, 0.05) is 46.3 Å². The quantitative estimate of drug-likeness (QED) is 0.790. The number of hydrogen-bond donors (Lipinski definition) is 0. The van der Waals surface area contributed by atoms with Crippen LogP contribution in [0.25, 0.3) is 0 Å². The molecule has 1 aliphatic heterocycles. The number of likely N-dealkylation sites (tertiary alicyclic amines) is 1. The van der Waals surface area contributed by atoms with Crippen LogP contribution in [0.15, 0.2) is 18.6 Å². The molecule has 0 radical (unpaired) electrons. The average molecular weight is 358 g/mol. The van der Waals surface area contributed by atoms with Gasteiger partial charge in [0.25, 0.3) is 5.91 Å². The Hall–Kier alpha value is -2.15. The van der Waals surface area contributed by atoms with Crippen molar-refractivity contribution >= 4 is 5.91 Å². The topological polar surface area (TPSA) is 59.2 Å². The summed E-state index contributed by atoms with van der Waals surface area (Å²) in [7, 11) is 5.46. The lowest BCUT2D eigenvalue weighted by atomic mass is 9.91. The Balaban J connectivity index is 1.57. The van der Waals surface area contributed by atoms with Gasteiger partial charge in [-0.1, -0.05) is 0 Å². The van der Waals surface area contributed by atoms with Crippen LogP contribution in [0.4, 0.5) is 0 Å². The van der Waals surface area contributed by atoms with E-state index < -0.39 is 0 Å². The Morgan fingerprint density at radius 2 is 2.04 bits per heavy atom. The van der Waals surface area contributed by atoms with Crippen LogP contribution in [-0.2, 0) is 26.6 Å². The molecule has 3 rings (SSSR count).